The number of benzene rings is 1. The first-order valence-electron chi connectivity index (χ1n) is 11.9. The summed E-state index contributed by atoms with van der Waals surface area (Å²) in [5, 5.41) is 7.86. The third kappa shape index (κ3) is 3.34. The number of likely N-dealkylation sites (N-methyl/N-ethyl adjacent to an activating group) is 1. The van der Waals surface area contributed by atoms with Crippen LogP contribution in [0.3, 0.4) is 0 Å². The SMILES string of the molecule is Cc1cc2nc(-c3n[nH]c4c3C[C@@H]3C[C@]3(C)C4)[nH]c2cc1N(C)C(=O)CN1CCCCC1=O. The molecule has 6 rings (SSSR count). The van der Waals surface area contributed by atoms with Crippen molar-refractivity contribution in [1.29, 1.82) is 0 Å². The Kier molecular flexibility index (Phi) is 4.44. The van der Waals surface area contributed by atoms with Crippen LogP contribution in [0.4, 0.5) is 5.69 Å². The Labute approximate surface area is 192 Å². The molecule has 3 aromatic rings. The van der Waals surface area contributed by atoms with Crippen molar-refractivity contribution in [2.24, 2.45) is 11.3 Å². The average molecular weight is 447 g/mol. The summed E-state index contributed by atoms with van der Waals surface area (Å²) in [6, 6.07) is 3.99. The summed E-state index contributed by atoms with van der Waals surface area (Å²) in [5.74, 6) is 1.52. The Morgan fingerprint density at radius 2 is 2.18 bits per heavy atom. The number of anilines is 1. The highest BCUT2D eigenvalue weighted by atomic mass is 16.2. The minimum atomic E-state index is -0.0821. The number of H-pyrrole nitrogens is 2. The maximum absolute atomic E-state index is 13.0. The second-order valence-corrected chi connectivity index (χ2v) is 10.4. The molecule has 3 heterocycles. The van der Waals surface area contributed by atoms with Gasteiger partial charge in [-0.1, -0.05) is 6.92 Å². The minimum Gasteiger partial charge on any atom is -0.337 e. The largest absolute Gasteiger partial charge is 0.337 e. The van der Waals surface area contributed by atoms with Crippen molar-refractivity contribution in [2.75, 3.05) is 25.0 Å². The van der Waals surface area contributed by atoms with Crippen LogP contribution in [-0.2, 0) is 22.4 Å². The number of imidazole rings is 1. The summed E-state index contributed by atoms with van der Waals surface area (Å²) in [6.07, 6.45) is 5.83. The normalized spacial score (nSPS) is 24.0. The zero-order valence-corrected chi connectivity index (χ0v) is 19.5. The lowest BCUT2D eigenvalue weighted by Gasteiger charge is -2.28. The van der Waals surface area contributed by atoms with Crippen LogP contribution in [0.5, 0.6) is 0 Å². The molecule has 0 unspecified atom stereocenters. The molecule has 2 N–H and O–H groups in total. The van der Waals surface area contributed by atoms with Crippen LogP contribution in [0.1, 0.15) is 49.4 Å². The highest BCUT2D eigenvalue weighted by molar-refractivity contribution is 5.99. The molecule has 2 atom stereocenters. The molecule has 172 valence electrons. The van der Waals surface area contributed by atoms with Crippen LogP contribution < -0.4 is 4.90 Å². The van der Waals surface area contributed by atoms with Crippen molar-refractivity contribution in [3.05, 3.63) is 29.0 Å². The summed E-state index contributed by atoms with van der Waals surface area (Å²) >= 11 is 0. The Morgan fingerprint density at radius 1 is 1.33 bits per heavy atom. The quantitative estimate of drug-likeness (QED) is 0.642. The predicted molar refractivity (Wildman–Crippen MR) is 126 cm³/mol. The summed E-state index contributed by atoms with van der Waals surface area (Å²) in [7, 11) is 1.78. The number of carbonyl (C=O) groups is 2. The van der Waals surface area contributed by atoms with E-state index >= 15 is 0 Å². The lowest BCUT2D eigenvalue weighted by atomic mass is 9.88. The van der Waals surface area contributed by atoms with Crippen LogP contribution in [0, 0.1) is 18.3 Å². The summed E-state index contributed by atoms with van der Waals surface area (Å²) < 4.78 is 0. The molecule has 0 radical (unpaired) electrons. The number of likely N-dealkylation sites (tertiary alicyclic amines) is 1. The summed E-state index contributed by atoms with van der Waals surface area (Å²) in [5.41, 5.74) is 7.45. The molecule has 2 aliphatic carbocycles. The molecule has 33 heavy (non-hydrogen) atoms. The van der Waals surface area contributed by atoms with E-state index in [1.165, 1.54) is 17.7 Å². The van der Waals surface area contributed by atoms with E-state index in [1.54, 1.807) is 16.8 Å². The van der Waals surface area contributed by atoms with E-state index in [0.717, 1.165) is 65.4 Å². The van der Waals surface area contributed by atoms with Crippen molar-refractivity contribution >= 4 is 28.5 Å². The number of aryl methyl sites for hydroxylation is 1. The lowest BCUT2D eigenvalue weighted by molar-refractivity contribution is -0.137. The highest BCUT2D eigenvalue weighted by Crippen LogP contribution is 2.59. The van der Waals surface area contributed by atoms with Crippen molar-refractivity contribution < 1.29 is 9.59 Å². The number of hydrogen-bond acceptors (Lipinski definition) is 4. The van der Waals surface area contributed by atoms with Gasteiger partial charge in [-0.05, 0) is 68.1 Å². The lowest BCUT2D eigenvalue weighted by Crippen LogP contribution is -2.43. The van der Waals surface area contributed by atoms with E-state index in [0.29, 0.717) is 18.4 Å². The Morgan fingerprint density at radius 3 is 3.00 bits per heavy atom. The second-order valence-electron chi connectivity index (χ2n) is 10.4. The fourth-order valence-electron chi connectivity index (χ4n) is 5.71. The van der Waals surface area contributed by atoms with Gasteiger partial charge >= 0.3 is 0 Å². The van der Waals surface area contributed by atoms with Crippen LogP contribution in [0.15, 0.2) is 12.1 Å². The van der Waals surface area contributed by atoms with Crippen molar-refractivity contribution in [3.63, 3.8) is 0 Å². The number of rotatable bonds is 4. The predicted octanol–water partition coefficient (Wildman–Crippen LogP) is 3.36. The molecule has 2 fully saturated rings. The van der Waals surface area contributed by atoms with E-state index in [1.807, 2.05) is 19.1 Å². The first-order chi connectivity index (χ1) is 15.8. The first kappa shape index (κ1) is 20.4. The highest BCUT2D eigenvalue weighted by Gasteiger charge is 2.53. The van der Waals surface area contributed by atoms with E-state index in [4.69, 9.17) is 4.98 Å². The number of amides is 2. The second kappa shape index (κ2) is 7.17. The Hall–Kier alpha value is -3.16. The molecule has 1 saturated heterocycles. The van der Waals surface area contributed by atoms with Crippen molar-refractivity contribution in [2.45, 2.75) is 52.4 Å². The smallest absolute Gasteiger partial charge is 0.246 e. The molecule has 8 nitrogen and oxygen atoms in total. The molecule has 2 amide bonds. The number of piperidine rings is 1. The van der Waals surface area contributed by atoms with Gasteiger partial charge in [0, 0.05) is 37.0 Å². The van der Waals surface area contributed by atoms with Crippen LogP contribution in [0.25, 0.3) is 22.6 Å². The van der Waals surface area contributed by atoms with Gasteiger partial charge in [-0.2, -0.15) is 5.10 Å². The fraction of sp³-hybridized carbons (Fsp3) is 0.520. The molecule has 1 aromatic carbocycles. The number of nitrogens with one attached hydrogen (secondary N) is 2. The van der Waals surface area contributed by atoms with Gasteiger partial charge in [0.05, 0.1) is 11.0 Å². The molecule has 3 aliphatic rings. The van der Waals surface area contributed by atoms with Crippen LogP contribution in [-0.4, -0.2) is 57.0 Å². The standard InChI is InChI=1S/C25H30N6O2/c1-14-8-17-18(10-20(14)30(3)22(33)13-31-7-5-4-6-21(31)32)27-24(26-17)23-16-9-15-11-25(15,2)12-19(16)28-29-23/h8,10,15H,4-7,9,11-13H2,1-3H3,(H,26,27)(H,28,29)/t15-,25-/m1/s1. The monoisotopic (exact) mass is 446 g/mol. The van der Waals surface area contributed by atoms with E-state index in [2.05, 4.69) is 22.1 Å². The van der Waals surface area contributed by atoms with Gasteiger partial charge in [0.25, 0.3) is 0 Å². The zero-order valence-electron chi connectivity index (χ0n) is 19.5. The molecular weight excluding hydrogens is 416 g/mol. The van der Waals surface area contributed by atoms with Crippen LogP contribution >= 0.6 is 0 Å². The summed E-state index contributed by atoms with van der Waals surface area (Å²) in [4.78, 5) is 36.7. The number of aromatic nitrogens is 4. The third-order valence-electron chi connectivity index (χ3n) is 8.03. The maximum atomic E-state index is 13.0. The molecule has 0 bridgehead atoms. The third-order valence-corrected chi connectivity index (χ3v) is 8.03. The Bertz CT molecular complexity index is 1290. The molecule has 8 heteroatoms. The minimum absolute atomic E-state index is 0.0715. The van der Waals surface area contributed by atoms with Gasteiger partial charge in [0.1, 0.15) is 12.2 Å². The molecule has 1 aliphatic heterocycles. The van der Waals surface area contributed by atoms with Crippen LogP contribution in [0.2, 0.25) is 0 Å². The molecular formula is C25H30N6O2. The van der Waals surface area contributed by atoms with Gasteiger partial charge in [0.15, 0.2) is 5.82 Å². The van der Waals surface area contributed by atoms with Gasteiger partial charge in [-0.25, -0.2) is 4.98 Å². The van der Waals surface area contributed by atoms with Gasteiger partial charge in [-0.15, -0.1) is 0 Å². The number of fused-ring (bicyclic) bond motifs is 3. The first-order valence-corrected chi connectivity index (χ1v) is 11.9. The molecule has 0 spiro atoms. The molecule has 2 aromatic heterocycles. The number of aromatic amines is 2. The maximum Gasteiger partial charge on any atom is 0.246 e. The zero-order chi connectivity index (χ0) is 22.9. The van der Waals surface area contributed by atoms with Gasteiger partial charge < -0.3 is 14.8 Å². The fourth-order valence-corrected chi connectivity index (χ4v) is 5.71. The van der Waals surface area contributed by atoms with Gasteiger partial charge in [-0.3, -0.25) is 14.7 Å². The van der Waals surface area contributed by atoms with Gasteiger partial charge in [0.2, 0.25) is 11.8 Å². The number of carbonyl (C=O) groups excluding carboxylic acids is 2. The number of nitrogens with zero attached hydrogens (tertiary/aromatic N) is 4. The van der Waals surface area contributed by atoms with Crippen molar-refractivity contribution in [3.8, 4) is 11.5 Å². The Balaban J connectivity index is 1.27. The number of hydrogen-bond donors (Lipinski definition) is 2. The van der Waals surface area contributed by atoms with Crippen molar-refractivity contribution in [1.82, 2.24) is 25.1 Å². The van der Waals surface area contributed by atoms with E-state index in [9.17, 15) is 9.59 Å². The topological polar surface area (TPSA) is 98.0 Å². The molecule has 1 saturated carbocycles. The average Bonchev–Trinajstić information content (AvgIpc) is 3.07. The summed E-state index contributed by atoms with van der Waals surface area (Å²) in [6.45, 7) is 5.14. The van der Waals surface area contributed by atoms with E-state index in [-0.39, 0.29) is 18.4 Å². The van der Waals surface area contributed by atoms with E-state index < -0.39 is 0 Å².